The number of hydrogen-bond donors (Lipinski definition) is 2. The summed E-state index contributed by atoms with van der Waals surface area (Å²) in [6.45, 7) is 5.89. The second-order valence-electron chi connectivity index (χ2n) is 8.78. The third kappa shape index (κ3) is 13.5. The lowest BCUT2D eigenvalue weighted by molar-refractivity contribution is 0.396. The van der Waals surface area contributed by atoms with Crippen molar-refractivity contribution in [1.82, 2.24) is 4.90 Å². The van der Waals surface area contributed by atoms with Gasteiger partial charge in [-0.2, -0.15) is 0 Å². The molecule has 0 spiro atoms. The Morgan fingerprint density at radius 3 is 1.82 bits per heavy atom. The molecule has 0 saturated heterocycles. The Hall–Kier alpha value is -0.610. The maximum Gasteiger partial charge on any atom is 0.0990 e. The van der Waals surface area contributed by atoms with E-state index < -0.39 is 0 Å². The summed E-state index contributed by atoms with van der Waals surface area (Å²) in [5.41, 5.74) is 11.7. The zero-order valence-electron chi connectivity index (χ0n) is 19.0. The number of unbranched alkanes of at least 4 members (excludes halogenated alkanes) is 14. The van der Waals surface area contributed by atoms with Crippen LogP contribution in [0.15, 0.2) is 4.99 Å². The van der Waals surface area contributed by atoms with E-state index in [1.165, 1.54) is 102 Å². The van der Waals surface area contributed by atoms with Crippen LogP contribution in [0.1, 0.15) is 116 Å². The summed E-state index contributed by atoms with van der Waals surface area (Å²) in [5, 5.41) is 0. The summed E-state index contributed by atoms with van der Waals surface area (Å²) in [6, 6.07) is 0.189. The van der Waals surface area contributed by atoms with E-state index in [9.17, 15) is 0 Å². The predicted octanol–water partition coefficient (Wildman–Crippen LogP) is 5.64. The SMILES string of the molecule is CCCCCCCCCCCCCCCCCC1=NCCN1CC(N)CCN. The molecule has 166 valence electrons. The maximum atomic E-state index is 6.14. The van der Waals surface area contributed by atoms with Crippen molar-refractivity contribution in [1.29, 1.82) is 0 Å². The molecule has 0 aromatic heterocycles. The van der Waals surface area contributed by atoms with E-state index in [0.29, 0.717) is 6.54 Å². The van der Waals surface area contributed by atoms with E-state index >= 15 is 0 Å². The summed E-state index contributed by atoms with van der Waals surface area (Å²) in [6.07, 6.45) is 23.3. The summed E-state index contributed by atoms with van der Waals surface area (Å²) in [4.78, 5) is 7.08. The number of rotatable bonds is 20. The van der Waals surface area contributed by atoms with E-state index in [2.05, 4.69) is 16.8 Å². The van der Waals surface area contributed by atoms with Gasteiger partial charge < -0.3 is 16.4 Å². The molecule has 0 saturated carbocycles. The van der Waals surface area contributed by atoms with Crippen LogP contribution in [0, 0.1) is 0 Å². The molecule has 0 aliphatic carbocycles. The standard InChI is InChI=1S/C24H50N4/c1-2-3-4-5-6-7-8-9-10-11-12-13-14-15-16-17-24-27-20-21-28(24)22-23(26)18-19-25/h23H,2-22,25-26H2,1H3. The lowest BCUT2D eigenvalue weighted by Crippen LogP contribution is -2.40. The van der Waals surface area contributed by atoms with Gasteiger partial charge in [-0.15, -0.1) is 0 Å². The summed E-state index contributed by atoms with van der Waals surface area (Å²) in [5.74, 6) is 1.29. The van der Waals surface area contributed by atoms with E-state index in [1.807, 2.05) is 0 Å². The second kappa shape index (κ2) is 18.4. The van der Waals surface area contributed by atoms with Gasteiger partial charge >= 0.3 is 0 Å². The Morgan fingerprint density at radius 2 is 1.32 bits per heavy atom. The molecule has 28 heavy (non-hydrogen) atoms. The van der Waals surface area contributed by atoms with Crippen molar-refractivity contribution >= 4 is 5.84 Å². The van der Waals surface area contributed by atoms with Crippen molar-refractivity contribution in [2.45, 2.75) is 122 Å². The molecule has 0 fully saturated rings. The Morgan fingerprint density at radius 1 is 0.821 bits per heavy atom. The van der Waals surface area contributed by atoms with Crippen LogP contribution in [0.2, 0.25) is 0 Å². The van der Waals surface area contributed by atoms with Gasteiger partial charge in [-0.1, -0.05) is 96.8 Å². The van der Waals surface area contributed by atoms with Crippen LogP contribution < -0.4 is 11.5 Å². The van der Waals surface area contributed by atoms with Crippen molar-refractivity contribution in [2.24, 2.45) is 16.5 Å². The molecule has 0 amide bonds. The van der Waals surface area contributed by atoms with E-state index in [4.69, 9.17) is 11.5 Å². The highest BCUT2D eigenvalue weighted by molar-refractivity contribution is 5.83. The molecule has 4 N–H and O–H groups in total. The van der Waals surface area contributed by atoms with Crippen LogP contribution in [-0.4, -0.2) is 43.0 Å². The van der Waals surface area contributed by atoms with Gasteiger partial charge in [0.1, 0.15) is 0 Å². The normalized spacial score (nSPS) is 15.2. The molecule has 1 rings (SSSR count). The van der Waals surface area contributed by atoms with Gasteiger partial charge in [0.2, 0.25) is 0 Å². The molecule has 1 atom stereocenters. The lowest BCUT2D eigenvalue weighted by atomic mass is 10.0. The first-order valence-corrected chi connectivity index (χ1v) is 12.5. The Kier molecular flexibility index (Phi) is 16.7. The maximum absolute atomic E-state index is 6.14. The summed E-state index contributed by atoms with van der Waals surface area (Å²) >= 11 is 0. The van der Waals surface area contributed by atoms with Crippen LogP contribution in [0.5, 0.6) is 0 Å². The van der Waals surface area contributed by atoms with Crippen LogP contribution in [-0.2, 0) is 0 Å². The first-order chi connectivity index (χ1) is 13.8. The van der Waals surface area contributed by atoms with Crippen LogP contribution in [0.4, 0.5) is 0 Å². The third-order valence-electron chi connectivity index (χ3n) is 6.03. The lowest BCUT2D eigenvalue weighted by Gasteiger charge is -2.24. The third-order valence-corrected chi connectivity index (χ3v) is 6.03. The number of nitrogens with zero attached hydrogens (tertiary/aromatic N) is 2. The highest BCUT2D eigenvalue weighted by Gasteiger charge is 2.18. The van der Waals surface area contributed by atoms with Gasteiger partial charge in [-0.3, -0.25) is 4.99 Å². The van der Waals surface area contributed by atoms with Crippen molar-refractivity contribution in [2.75, 3.05) is 26.2 Å². The summed E-state index contributed by atoms with van der Waals surface area (Å²) in [7, 11) is 0. The quantitative estimate of drug-likeness (QED) is 0.263. The van der Waals surface area contributed by atoms with Gasteiger partial charge in [0, 0.05) is 25.6 Å². The first kappa shape index (κ1) is 25.4. The predicted molar refractivity (Wildman–Crippen MR) is 125 cm³/mol. The average molecular weight is 395 g/mol. The fourth-order valence-electron chi connectivity index (χ4n) is 4.21. The Labute approximate surface area is 175 Å². The van der Waals surface area contributed by atoms with Gasteiger partial charge in [-0.05, 0) is 19.4 Å². The van der Waals surface area contributed by atoms with Gasteiger partial charge in [0.15, 0.2) is 0 Å². The average Bonchev–Trinajstić information content (AvgIpc) is 3.12. The Balaban J connectivity index is 1.85. The molecular formula is C24H50N4. The number of nitrogens with two attached hydrogens (primary N) is 2. The molecule has 1 heterocycles. The molecule has 1 aliphatic heterocycles. The summed E-state index contributed by atoms with van der Waals surface area (Å²) < 4.78 is 0. The van der Waals surface area contributed by atoms with Gasteiger partial charge in [-0.25, -0.2) is 0 Å². The molecule has 4 nitrogen and oxygen atoms in total. The molecule has 0 bridgehead atoms. The molecular weight excluding hydrogens is 344 g/mol. The number of aliphatic imine (C=N–C) groups is 1. The number of amidine groups is 1. The second-order valence-corrected chi connectivity index (χ2v) is 8.78. The van der Waals surface area contributed by atoms with E-state index in [1.54, 1.807) is 0 Å². The highest BCUT2D eigenvalue weighted by Crippen LogP contribution is 2.15. The largest absolute Gasteiger partial charge is 0.357 e. The van der Waals surface area contributed by atoms with E-state index in [0.717, 1.165) is 32.5 Å². The van der Waals surface area contributed by atoms with Crippen LogP contribution in [0.3, 0.4) is 0 Å². The molecule has 1 aliphatic rings. The van der Waals surface area contributed by atoms with Crippen molar-refractivity contribution < 1.29 is 0 Å². The molecule has 0 radical (unpaired) electrons. The van der Waals surface area contributed by atoms with Crippen molar-refractivity contribution in [3.63, 3.8) is 0 Å². The zero-order chi connectivity index (χ0) is 20.3. The minimum atomic E-state index is 0.189. The fraction of sp³-hybridized carbons (Fsp3) is 0.958. The molecule has 0 aromatic carbocycles. The zero-order valence-corrected chi connectivity index (χ0v) is 19.0. The molecule has 0 aromatic rings. The highest BCUT2D eigenvalue weighted by atomic mass is 15.2. The number of hydrogen-bond acceptors (Lipinski definition) is 4. The molecule has 4 heteroatoms. The van der Waals surface area contributed by atoms with Crippen molar-refractivity contribution in [3.05, 3.63) is 0 Å². The van der Waals surface area contributed by atoms with E-state index in [-0.39, 0.29) is 6.04 Å². The van der Waals surface area contributed by atoms with Gasteiger partial charge in [0.05, 0.1) is 12.4 Å². The first-order valence-electron chi connectivity index (χ1n) is 12.5. The van der Waals surface area contributed by atoms with Crippen LogP contribution in [0.25, 0.3) is 0 Å². The van der Waals surface area contributed by atoms with Gasteiger partial charge in [0.25, 0.3) is 0 Å². The Bertz CT molecular complexity index is 370. The monoisotopic (exact) mass is 394 g/mol. The topological polar surface area (TPSA) is 67.6 Å². The van der Waals surface area contributed by atoms with Crippen LogP contribution >= 0.6 is 0 Å². The fourth-order valence-corrected chi connectivity index (χ4v) is 4.21. The molecule has 1 unspecified atom stereocenters. The minimum absolute atomic E-state index is 0.189. The minimum Gasteiger partial charge on any atom is -0.357 e. The smallest absolute Gasteiger partial charge is 0.0990 e. The van der Waals surface area contributed by atoms with Crippen molar-refractivity contribution in [3.8, 4) is 0 Å².